The number of aromatic nitrogens is 3. The van der Waals surface area contributed by atoms with E-state index in [1.54, 1.807) is 4.90 Å². The average Bonchev–Trinajstić information content (AvgIpc) is 3.50. The predicted molar refractivity (Wildman–Crippen MR) is 108 cm³/mol. The Morgan fingerprint density at radius 1 is 1.20 bits per heavy atom. The molecule has 158 valence electrons. The van der Waals surface area contributed by atoms with E-state index in [1.165, 1.54) is 31.3 Å². The van der Waals surface area contributed by atoms with Crippen LogP contribution in [0.15, 0.2) is 29.2 Å². The fraction of sp³-hybridized carbons (Fsp3) is 0.500. The second kappa shape index (κ2) is 8.16. The van der Waals surface area contributed by atoms with Gasteiger partial charge in [-0.1, -0.05) is 0 Å². The molecule has 2 heterocycles. The molecule has 1 N–H and O–H groups in total. The van der Waals surface area contributed by atoms with Crippen molar-refractivity contribution < 1.29 is 13.2 Å². The highest BCUT2D eigenvalue weighted by molar-refractivity contribution is 7.89. The molecule has 1 aliphatic carbocycles. The van der Waals surface area contributed by atoms with Crippen LogP contribution >= 0.6 is 0 Å². The number of rotatable bonds is 6. The minimum Gasteiger partial charge on any atom is -0.342 e. The second-order valence-corrected chi connectivity index (χ2v) is 9.95. The largest absolute Gasteiger partial charge is 0.342 e. The molecule has 30 heavy (non-hydrogen) atoms. The minimum atomic E-state index is -3.80. The Kier molecular flexibility index (Phi) is 5.58. The molecular formula is C20H24N6O3S. The van der Waals surface area contributed by atoms with E-state index < -0.39 is 10.0 Å². The van der Waals surface area contributed by atoms with Gasteiger partial charge in [0, 0.05) is 32.0 Å². The van der Waals surface area contributed by atoms with Crippen LogP contribution in [0.1, 0.15) is 54.7 Å². The first kappa shape index (κ1) is 20.5. The van der Waals surface area contributed by atoms with E-state index >= 15 is 0 Å². The Labute approximate surface area is 175 Å². The second-order valence-electron chi connectivity index (χ2n) is 7.91. The third-order valence-corrected chi connectivity index (χ3v) is 7.56. The maximum atomic E-state index is 12.7. The van der Waals surface area contributed by atoms with Crippen LogP contribution in [0.2, 0.25) is 0 Å². The van der Waals surface area contributed by atoms with Gasteiger partial charge in [0.2, 0.25) is 15.9 Å². The molecule has 4 rings (SSSR count). The monoisotopic (exact) mass is 428 g/mol. The van der Waals surface area contributed by atoms with Gasteiger partial charge < -0.3 is 4.90 Å². The first-order valence-corrected chi connectivity index (χ1v) is 11.5. The van der Waals surface area contributed by atoms with Crippen LogP contribution in [0.5, 0.6) is 0 Å². The quantitative estimate of drug-likeness (QED) is 0.745. The molecule has 9 nitrogen and oxygen atoms in total. The third kappa shape index (κ3) is 4.22. The normalized spacial score (nSPS) is 17.8. The summed E-state index contributed by atoms with van der Waals surface area (Å²) in [7, 11) is -2.40. The van der Waals surface area contributed by atoms with E-state index in [0.717, 1.165) is 41.6 Å². The number of likely N-dealkylation sites (tertiary alicyclic amines) is 1. The minimum absolute atomic E-state index is 0.0623. The zero-order valence-electron chi connectivity index (χ0n) is 16.8. The van der Waals surface area contributed by atoms with Gasteiger partial charge in [0.1, 0.15) is 5.82 Å². The van der Waals surface area contributed by atoms with Crippen LogP contribution in [0.25, 0.3) is 0 Å². The van der Waals surface area contributed by atoms with Crippen LogP contribution in [0.3, 0.4) is 0 Å². The molecule has 2 fully saturated rings. The number of likely N-dealkylation sites (N-methyl/N-ethyl adjacent to an activating group) is 1. The molecule has 0 spiro atoms. The summed E-state index contributed by atoms with van der Waals surface area (Å²) in [5.41, 5.74) is 0.381. The summed E-state index contributed by atoms with van der Waals surface area (Å²) in [5, 5.41) is 16.2. The van der Waals surface area contributed by atoms with Gasteiger partial charge in [-0.2, -0.15) is 14.7 Å². The highest BCUT2D eigenvalue weighted by Gasteiger charge is 2.31. The van der Waals surface area contributed by atoms with Crippen molar-refractivity contribution in [1.82, 2.24) is 24.4 Å². The molecule has 1 aliphatic heterocycles. The predicted octanol–water partition coefficient (Wildman–Crippen LogP) is 1.58. The van der Waals surface area contributed by atoms with Gasteiger partial charge in [-0.05, 0) is 49.9 Å². The highest BCUT2D eigenvalue weighted by atomic mass is 32.2. The Morgan fingerprint density at radius 2 is 1.87 bits per heavy atom. The summed E-state index contributed by atoms with van der Waals surface area (Å²) in [4.78, 5) is 19.1. The summed E-state index contributed by atoms with van der Waals surface area (Å²) in [6.45, 7) is 0.905. The highest BCUT2D eigenvalue weighted by Crippen LogP contribution is 2.38. The van der Waals surface area contributed by atoms with E-state index in [2.05, 4.69) is 15.2 Å². The van der Waals surface area contributed by atoms with Crippen molar-refractivity contribution in [3.05, 3.63) is 41.5 Å². The number of amides is 1. The lowest BCUT2D eigenvalue weighted by atomic mass is 9.96. The molecule has 1 amide bonds. The summed E-state index contributed by atoms with van der Waals surface area (Å²) < 4.78 is 26.5. The van der Waals surface area contributed by atoms with E-state index in [1.807, 2.05) is 6.07 Å². The molecule has 2 aliphatic rings. The van der Waals surface area contributed by atoms with E-state index in [9.17, 15) is 13.2 Å². The topological polar surface area (TPSA) is 123 Å². The molecule has 1 aromatic carbocycles. The maximum Gasteiger partial charge on any atom is 0.243 e. The lowest BCUT2D eigenvalue weighted by Crippen LogP contribution is -2.44. The summed E-state index contributed by atoms with van der Waals surface area (Å²) in [5.74, 6) is 2.33. The SMILES string of the molecule is CN(CC(=O)N1CCC(c2nc(C3CC3)n[nH]2)CC1)S(=O)(=O)c1ccc(C#N)cc1. The lowest BCUT2D eigenvalue weighted by Gasteiger charge is -2.32. The molecule has 0 unspecified atom stereocenters. The smallest absolute Gasteiger partial charge is 0.243 e. The molecule has 0 bridgehead atoms. The zero-order valence-corrected chi connectivity index (χ0v) is 17.6. The molecule has 1 saturated carbocycles. The van der Waals surface area contributed by atoms with Gasteiger partial charge in [-0.3, -0.25) is 9.89 Å². The van der Waals surface area contributed by atoms with Crippen molar-refractivity contribution >= 4 is 15.9 Å². The number of aromatic amines is 1. The molecule has 0 atom stereocenters. The molecular weight excluding hydrogens is 404 g/mol. The van der Waals surface area contributed by atoms with Gasteiger partial charge in [-0.25, -0.2) is 13.4 Å². The van der Waals surface area contributed by atoms with E-state index in [-0.39, 0.29) is 23.3 Å². The van der Waals surface area contributed by atoms with Crippen molar-refractivity contribution in [1.29, 1.82) is 5.26 Å². The number of carbonyl (C=O) groups excluding carboxylic acids is 1. The fourth-order valence-electron chi connectivity index (χ4n) is 3.65. The molecule has 0 radical (unpaired) electrons. The van der Waals surface area contributed by atoms with Crippen LogP contribution in [0.4, 0.5) is 0 Å². The average molecular weight is 429 g/mol. The number of benzene rings is 1. The number of nitrogens with one attached hydrogen (secondary N) is 1. The number of H-pyrrole nitrogens is 1. The van der Waals surface area contributed by atoms with Crippen molar-refractivity contribution in [2.24, 2.45) is 0 Å². The molecule has 10 heteroatoms. The third-order valence-electron chi connectivity index (χ3n) is 5.75. The standard InChI is InChI=1S/C20H24N6O3S/c1-25(30(28,29)17-6-2-14(12-21)3-7-17)13-18(27)26-10-8-16(9-11-26)20-22-19(23-24-20)15-4-5-15/h2-3,6-7,15-16H,4-5,8-11,13H2,1H3,(H,22,23,24). The van der Waals surface area contributed by atoms with Crippen molar-refractivity contribution in [3.63, 3.8) is 0 Å². The molecule has 2 aromatic rings. The Hall–Kier alpha value is -2.77. The van der Waals surface area contributed by atoms with Crippen molar-refractivity contribution in [2.45, 2.75) is 42.4 Å². The van der Waals surface area contributed by atoms with Crippen LogP contribution in [-0.2, 0) is 14.8 Å². The number of piperidine rings is 1. The lowest BCUT2D eigenvalue weighted by molar-refractivity contribution is -0.132. The summed E-state index contributed by atoms with van der Waals surface area (Å²) in [6, 6.07) is 7.62. The Morgan fingerprint density at radius 3 is 2.47 bits per heavy atom. The first-order chi connectivity index (χ1) is 14.4. The number of nitrogens with zero attached hydrogens (tertiary/aromatic N) is 5. The Bertz CT molecular complexity index is 1060. The Balaban J connectivity index is 1.32. The van der Waals surface area contributed by atoms with E-state index in [4.69, 9.17) is 5.26 Å². The molecule has 1 aromatic heterocycles. The summed E-state index contributed by atoms with van der Waals surface area (Å²) in [6.07, 6.45) is 3.86. The van der Waals surface area contributed by atoms with Crippen LogP contribution in [0, 0.1) is 11.3 Å². The van der Waals surface area contributed by atoms with Gasteiger partial charge in [-0.15, -0.1) is 0 Å². The maximum absolute atomic E-state index is 12.7. The fourth-order valence-corrected chi connectivity index (χ4v) is 4.77. The number of hydrogen-bond acceptors (Lipinski definition) is 6. The summed E-state index contributed by atoms with van der Waals surface area (Å²) >= 11 is 0. The van der Waals surface area contributed by atoms with Gasteiger partial charge >= 0.3 is 0 Å². The van der Waals surface area contributed by atoms with Crippen LogP contribution in [-0.4, -0.2) is 65.4 Å². The van der Waals surface area contributed by atoms with E-state index in [0.29, 0.717) is 24.6 Å². The van der Waals surface area contributed by atoms with Gasteiger partial charge in [0.05, 0.1) is 23.1 Å². The van der Waals surface area contributed by atoms with Gasteiger partial charge in [0.15, 0.2) is 5.82 Å². The van der Waals surface area contributed by atoms with Gasteiger partial charge in [0.25, 0.3) is 0 Å². The number of nitriles is 1. The first-order valence-electron chi connectivity index (χ1n) is 10.0. The number of sulfonamides is 1. The van der Waals surface area contributed by atoms with Crippen molar-refractivity contribution in [3.8, 4) is 6.07 Å². The van der Waals surface area contributed by atoms with Crippen LogP contribution < -0.4 is 0 Å². The number of carbonyl (C=O) groups is 1. The zero-order chi connectivity index (χ0) is 21.3. The van der Waals surface area contributed by atoms with Crippen molar-refractivity contribution in [2.75, 3.05) is 26.7 Å². The number of hydrogen-bond donors (Lipinski definition) is 1. The molecule has 1 saturated heterocycles.